The summed E-state index contributed by atoms with van der Waals surface area (Å²) >= 11 is 1.72. The first kappa shape index (κ1) is 19.9. The molecule has 0 radical (unpaired) electrons. The fourth-order valence-corrected chi connectivity index (χ4v) is 4.02. The SMILES string of the molecule is CC(C)Sc1ccccc1C(=O)NCc1ccc(CN2CCOCC2)cc1. The van der Waals surface area contributed by atoms with Crippen LogP contribution in [-0.2, 0) is 17.8 Å². The van der Waals surface area contributed by atoms with E-state index in [1.165, 1.54) is 5.56 Å². The number of amides is 1. The highest BCUT2D eigenvalue weighted by atomic mass is 32.2. The first-order chi connectivity index (χ1) is 13.1. The molecule has 0 spiro atoms. The van der Waals surface area contributed by atoms with Crippen LogP contribution in [0.1, 0.15) is 35.3 Å². The Hall–Kier alpha value is -1.82. The normalized spacial score (nSPS) is 15.1. The van der Waals surface area contributed by atoms with E-state index >= 15 is 0 Å². The number of benzene rings is 2. The first-order valence-corrected chi connectivity index (χ1v) is 10.4. The van der Waals surface area contributed by atoms with Gasteiger partial charge in [-0.25, -0.2) is 0 Å². The van der Waals surface area contributed by atoms with Crippen LogP contribution in [0.5, 0.6) is 0 Å². The van der Waals surface area contributed by atoms with Crippen molar-refractivity contribution in [3.05, 3.63) is 65.2 Å². The second kappa shape index (κ2) is 9.93. The average molecular weight is 385 g/mol. The van der Waals surface area contributed by atoms with Crippen molar-refractivity contribution in [3.63, 3.8) is 0 Å². The lowest BCUT2D eigenvalue weighted by atomic mass is 10.1. The number of hydrogen-bond acceptors (Lipinski definition) is 4. The van der Waals surface area contributed by atoms with Crippen LogP contribution in [0.3, 0.4) is 0 Å². The Balaban J connectivity index is 1.54. The second-order valence-electron chi connectivity index (χ2n) is 7.05. The van der Waals surface area contributed by atoms with Gasteiger partial charge in [-0.2, -0.15) is 0 Å². The predicted molar refractivity (Wildman–Crippen MR) is 111 cm³/mol. The fraction of sp³-hybridized carbons (Fsp3) is 0.409. The van der Waals surface area contributed by atoms with Crippen LogP contribution in [0, 0.1) is 0 Å². The first-order valence-electron chi connectivity index (χ1n) is 9.53. The molecule has 1 fully saturated rings. The molecule has 144 valence electrons. The molecule has 0 saturated carbocycles. The molecule has 1 amide bonds. The highest BCUT2D eigenvalue weighted by Crippen LogP contribution is 2.26. The molecule has 0 unspecified atom stereocenters. The van der Waals surface area contributed by atoms with E-state index in [9.17, 15) is 4.79 Å². The second-order valence-corrected chi connectivity index (χ2v) is 8.67. The van der Waals surface area contributed by atoms with Crippen molar-refractivity contribution >= 4 is 17.7 Å². The molecule has 27 heavy (non-hydrogen) atoms. The van der Waals surface area contributed by atoms with E-state index in [1.54, 1.807) is 11.8 Å². The Kier molecular flexibility index (Phi) is 7.33. The van der Waals surface area contributed by atoms with Gasteiger partial charge in [0.2, 0.25) is 0 Å². The van der Waals surface area contributed by atoms with E-state index in [-0.39, 0.29) is 5.91 Å². The summed E-state index contributed by atoms with van der Waals surface area (Å²) < 4.78 is 5.39. The molecule has 1 heterocycles. The van der Waals surface area contributed by atoms with E-state index in [2.05, 4.69) is 48.3 Å². The van der Waals surface area contributed by atoms with Crippen LogP contribution < -0.4 is 5.32 Å². The molecule has 1 aliphatic heterocycles. The van der Waals surface area contributed by atoms with E-state index < -0.39 is 0 Å². The van der Waals surface area contributed by atoms with E-state index in [4.69, 9.17) is 4.74 Å². The van der Waals surface area contributed by atoms with Crippen LogP contribution in [0.15, 0.2) is 53.4 Å². The zero-order valence-electron chi connectivity index (χ0n) is 16.1. The van der Waals surface area contributed by atoms with E-state index in [1.807, 2.05) is 24.3 Å². The molecule has 0 bridgehead atoms. The summed E-state index contributed by atoms with van der Waals surface area (Å²) in [5.41, 5.74) is 3.16. The van der Waals surface area contributed by atoms with Gasteiger partial charge in [0.15, 0.2) is 0 Å². The van der Waals surface area contributed by atoms with Gasteiger partial charge in [-0.15, -0.1) is 11.8 Å². The molecular formula is C22H28N2O2S. The summed E-state index contributed by atoms with van der Waals surface area (Å²) in [7, 11) is 0. The Labute approximate surface area is 166 Å². The lowest BCUT2D eigenvalue weighted by molar-refractivity contribution is 0.0342. The number of hydrogen-bond donors (Lipinski definition) is 1. The quantitative estimate of drug-likeness (QED) is 0.734. The number of carbonyl (C=O) groups excluding carboxylic acids is 1. The highest BCUT2D eigenvalue weighted by molar-refractivity contribution is 8.00. The highest BCUT2D eigenvalue weighted by Gasteiger charge is 2.13. The minimum Gasteiger partial charge on any atom is -0.379 e. The minimum atomic E-state index is -0.0175. The monoisotopic (exact) mass is 384 g/mol. The van der Waals surface area contributed by atoms with Crippen LogP contribution in [0.4, 0.5) is 0 Å². The lowest BCUT2D eigenvalue weighted by Gasteiger charge is -2.26. The van der Waals surface area contributed by atoms with Gasteiger partial charge < -0.3 is 10.1 Å². The maximum atomic E-state index is 12.6. The summed E-state index contributed by atoms with van der Waals surface area (Å²) in [6.07, 6.45) is 0. The zero-order chi connectivity index (χ0) is 19.1. The number of carbonyl (C=O) groups is 1. The maximum absolute atomic E-state index is 12.6. The van der Waals surface area contributed by atoms with Crippen LogP contribution in [-0.4, -0.2) is 42.4 Å². The molecular weight excluding hydrogens is 356 g/mol. The van der Waals surface area contributed by atoms with Gasteiger partial charge >= 0.3 is 0 Å². The van der Waals surface area contributed by atoms with Crippen molar-refractivity contribution < 1.29 is 9.53 Å². The summed E-state index contributed by atoms with van der Waals surface area (Å²) in [5.74, 6) is -0.0175. The summed E-state index contributed by atoms with van der Waals surface area (Å²) in [6, 6.07) is 16.3. The molecule has 2 aromatic carbocycles. The molecule has 5 heteroatoms. The van der Waals surface area contributed by atoms with Gasteiger partial charge in [-0.05, 0) is 23.3 Å². The summed E-state index contributed by atoms with van der Waals surface area (Å²) in [6.45, 7) is 9.39. The molecule has 1 aliphatic rings. The van der Waals surface area contributed by atoms with Gasteiger partial charge in [0, 0.05) is 36.3 Å². The third-order valence-corrected chi connectivity index (χ3v) is 5.56. The Morgan fingerprint density at radius 1 is 1.07 bits per heavy atom. The fourth-order valence-electron chi connectivity index (χ4n) is 3.07. The topological polar surface area (TPSA) is 41.6 Å². The van der Waals surface area contributed by atoms with Gasteiger partial charge in [0.05, 0.1) is 18.8 Å². The van der Waals surface area contributed by atoms with Gasteiger partial charge in [0.1, 0.15) is 0 Å². The molecule has 1 N–H and O–H groups in total. The number of ether oxygens (including phenoxy) is 1. The average Bonchev–Trinajstić information content (AvgIpc) is 2.68. The van der Waals surface area contributed by atoms with Crippen molar-refractivity contribution in [2.45, 2.75) is 37.1 Å². The third-order valence-electron chi connectivity index (χ3n) is 4.48. The van der Waals surface area contributed by atoms with E-state index in [0.29, 0.717) is 11.8 Å². The van der Waals surface area contributed by atoms with Crippen molar-refractivity contribution in [2.75, 3.05) is 26.3 Å². The van der Waals surface area contributed by atoms with Crippen LogP contribution in [0.25, 0.3) is 0 Å². The van der Waals surface area contributed by atoms with Crippen molar-refractivity contribution in [2.24, 2.45) is 0 Å². The van der Waals surface area contributed by atoms with Crippen molar-refractivity contribution in [1.82, 2.24) is 10.2 Å². The zero-order valence-corrected chi connectivity index (χ0v) is 16.9. The molecule has 3 rings (SSSR count). The molecule has 2 aromatic rings. The Morgan fingerprint density at radius 2 is 1.74 bits per heavy atom. The van der Waals surface area contributed by atoms with Gasteiger partial charge in [-0.3, -0.25) is 9.69 Å². The Morgan fingerprint density at radius 3 is 2.44 bits per heavy atom. The Bertz CT molecular complexity index is 740. The van der Waals surface area contributed by atoms with Crippen molar-refractivity contribution in [1.29, 1.82) is 0 Å². The van der Waals surface area contributed by atoms with Crippen molar-refractivity contribution in [3.8, 4) is 0 Å². The van der Waals surface area contributed by atoms with E-state index in [0.717, 1.165) is 48.9 Å². The summed E-state index contributed by atoms with van der Waals surface area (Å²) in [5, 5.41) is 3.49. The number of morpholine rings is 1. The molecule has 1 saturated heterocycles. The number of nitrogens with one attached hydrogen (secondary N) is 1. The molecule has 4 nitrogen and oxygen atoms in total. The molecule has 0 atom stereocenters. The van der Waals surface area contributed by atoms with Gasteiger partial charge in [0.25, 0.3) is 5.91 Å². The number of rotatable bonds is 7. The number of thioether (sulfide) groups is 1. The number of nitrogens with zero attached hydrogens (tertiary/aromatic N) is 1. The molecule has 0 aliphatic carbocycles. The van der Waals surface area contributed by atoms with Crippen LogP contribution in [0.2, 0.25) is 0 Å². The largest absolute Gasteiger partial charge is 0.379 e. The third kappa shape index (κ3) is 6.09. The standard InChI is InChI=1S/C22H28N2O2S/c1-17(2)27-21-6-4-3-5-20(21)22(25)23-15-18-7-9-19(10-8-18)16-24-11-13-26-14-12-24/h3-10,17H,11-16H2,1-2H3,(H,23,25). The van der Waals surface area contributed by atoms with Gasteiger partial charge in [-0.1, -0.05) is 50.2 Å². The molecule has 0 aromatic heterocycles. The summed E-state index contributed by atoms with van der Waals surface area (Å²) in [4.78, 5) is 16.0. The predicted octanol–water partition coefficient (Wildman–Crippen LogP) is 3.95. The lowest BCUT2D eigenvalue weighted by Crippen LogP contribution is -2.35. The smallest absolute Gasteiger partial charge is 0.252 e. The van der Waals surface area contributed by atoms with Crippen LogP contribution >= 0.6 is 11.8 Å². The maximum Gasteiger partial charge on any atom is 0.252 e. The minimum absolute atomic E-state index is 0.0175.